The van der Waals surface area contributed by atoms with Crippen molar-refractivity contribution in [3.8, 4) is 0 Å². The van der Waals surface area contributed by atoms with E-state index in [2.05, 4.69) is 16.6 Å². The van der Waals surface area contributed by atoms with Gasteiger partial charge in [-0.25, -0.2) is 13.1 Å². The van der Waals surface area contributed by atoms with Crippen molar-refractivity contribution in [1.29, 1.82) is 0 Å². The third-order valence-corrected chi connectivity index (χ3v) is 4.56. The maximum atomic E-state index is 12.1. The van der Waals surface area contributed by atoms with Gasteiger partial charge in [0.1, 0.15) is 0 Å². The van der Waals surface area contributed by atoms with Crippen LogP contribution in [-0.4, -0.2) is 20.9 Å². The van der Waals surface area contributed by atoms with Crippen molar-refractivity contribution in [3.05, 3.63) is 72.3 Å². The smallest absolute Gasteiger partial charge is 0.255 e. The Morgan fingerprint density at radius 3 is 2.48 bits per heavy atom. The number of sulfonamides is 1. The molecule has 0 spiro atoms. The van der Waals surface area contributed by atoms with Gasteiger partial charge in [0.25, 0.3) is 5.91 Å². The standard InChI is InChI=1S/C17H18N2O3S/c1-3-11-18-23(21,22)16-9-7-15(8-10-16)19-17(20)14-6-4-5-13(2)12-14/h3-10,12,18H,1,11H2,2H3,(H,19,20). The number of amides is 1. The van der Waals surface area contributed by atoms with Gasteiger partial charge < -0.3 is 5.32 Å². The first-order valence-electron chi connectivity index (χ1n) is 7.01. The molecule has 2 aromatic carbocycles. The van der Waals surface area contributed by atoms with Crippen molar-refractivity contribution in [1.82, 2.24) is 4.72 Å². The zero-order valence-electron chi connectivity index (χ0n) is 12.7. The van der Waals surface area contributed by atoms with Crippen LogP contribution in [0, 0.1) is 6.92 Å². The maximum Gasteiger partial charge on any atom is 0.255 e. The van der Waals surface area contributed by atoms with Crippen LogP contribution in [0.4, 0.5) is 5.69 Å². The zero-order valence-corrected chi connectivity index (χ0v) is 13.6. The highest BCUT2D eigenvalue weighted by atomic mass is 32.2. The summed E-state index contributed by atoms with van der Waals surface area (Å²) in [6.45, 7) is 5.54. The molecule has 0 saturated carbocycles. The number of anilines is 1. The van der Waals surface area contributed by atoms with Gasteiger partial charge >= 0.3 is 0 Å². The lowest BCUT2D eigenvalue weighted by Gasteiger charge is -2.08. The van der Waals surface area contributed by atoms with Crippen LogP contribution in [0.1, 0.15) is 15.9 Å². The van der Waals surface area contributed by atoms with Crippen molar-refractivity contribution in [3.63, 3.8) is 0 Å². The van der Waals surface area contributed by atoms with E-state index in [0.717, 1.165) is 5.56 Å². The second kappa shape index (κ2) is 7.21. The van der Waals surface area contributed by atoms with Gasteiger partial charge in [-0.3, -0.25) is 4.79 Å². The molecule has 2 aromatic rings. The summed E-state index contributed by atoms with van der Waals surface area (Å²) in [6.07, 6.45) is 1.47. The summed E-state index contributed by atoms with van der Waals surface area (Å²) in [7, 11) is -3.56. The van der Waals surface area contributed by atoms with E-state index in [1.165, 1.54) is 18.2 Å². The molecule has 0 aliphatic carbocycles. The average molecular weight is 330 g/mol. The molecule has 0 aromatic heterocycles. The van der Waals surface area contributed by atoms with Crippen molar-refractivity contribution in [2.75, 3.05) is 11.9 Å². The minimum absolute atomic E-state index is 0.132. The van der Waals surface area contributed by atoms with Crippen LogP contribution in [0.5, 0.6) is 0 Å². The number of carbonyl (C=O) groups excluding carboxylic acids is 1. The Kier molecular flexibility index (Phi) is 5.31. The van der Waals surface area contributed by atoms with Gasteiger partial charge in [-0.2, -0.15) is 0 Å². The Labute approximate surface area is 136 Å². The molecule has 0 atom stereocenters. The van der Waals surface area contributed by atoms with E-state index < -0.39 is 10.0 Å². The molecule has 2 N–H and O–H groups in total. The molecular formula is C17H18N2O3S. The Hall–Kier alpha value is -2.44. The van der Waals surface area contributed by atoms with Crippen LogP contribution in [0.3, 0.4) is 0 Å². The monoisotopic (exact) mass is 330 g/mol. The van der Waals surface area contributed by atoms with Crippen LogP contribution in [0.15, 0.2) is 66.1 Å². The fourth-order valence-electron chi connectivity index (χ4n) is 1.96. The molecule has 23 heavy (non-hydrogen) atoms. The van der Waals surface area contributed by atoms with E-state index in [0.29, 0.717) is 11.3 Å². The normalized spacial score (nSPS) is 11.0. The van der Waals surface area contributed by atoms with E-state index in [9.17, 15) is 13.2 Å². The topological polar surface area (TPSA) is 75.3 Å². The molecule has 0 unspecified atom stereocenters. The Morgan fingerprint density at radius 2 is 1.87 bits per heavy atom. The molecule has 120 valence electrons. The number of benzene rings is 2. The zero-order chi connectivity index (χ0) is 16.9. The lowest BCUT2D eigenvalue weighted by atomic mass is 10.1. The number of carbonyl (C=O) groups is 1. The summed E-state index contributed by atoms with van der Waals surface area (Å²) >= 11 is 0. The molecular weight excluding hydrogens is 312 g/mol. The maximum absolute atomic E-state index is 12.1. The van der Waals surface area contributed by atoms with Gasteiger partial charge in [-0.1, -0.05) is 23.8 Å². The molecule has 0 bridgehead atoms. The lowest BCUT2D eigenvalue weighted by Crippen LogP contribution is -2.23. The molecule has 1 amide bonds. The molecule has 2 rings (SSSR count). The van der Waals surface area contributed by atoms with Crippen LogP contribution in [0.2, 0.25) is 0 Å². The van der Waals surface area contributed by atoms with Crippen LogP contribution < -0.4 is 10.0 Å². The van der Waals surface area contributed by atoms with Gasteiger partial charge in [0, 0.05) is 17.8 Å². The molecule has 0 fully saturated rings. The number of hydrogen-bond acceptors (Lipinski definition) is 3. The minimum atomic E-state index is -3.56. The van der Waals surface area contributed by atoms with E-state index in [4.69, 9.17) is 0 Å². The Balaban J connectivity index is 2.11. The minimum Gasteiger partial charge on any atom is -0.322 e. The number of hydrogen-bond donors (Lipinski definition) is 2. The highest BCUT2D eigenvalue weighted by Gasteiger charge is 2.13. The average Bonchev–Trinajstić information content (AvgIpc) is 2.53. The van der Waals surface area contributed by atoms with Crippen LogP contribution >= 0.6 is 0 Å². The summed E-state index contributed by atoms with van der Waals surface area (Å²) in [5, 5.41) is 2.74. The highest BCUT2D eigenvalue weighted by molar-refractivity contribution is 7.89. The summed E-state index contributed by atoms with van der Waals surface area (Å²) in [5.74, 6) is -0.242. The van der Waals surface area contributed by atoms with Crippen LogP contribution in [0.25, 0.3) is 0 Å². The van der Waals surface area contributed by atoms with Crippen molar-refractivity contribution < 1.29 is 13.2 Å². The van der Waals surface area contributed by atoms with Crippen molar-refractivity contribution >= 4 is 21.6 Å². The van der Waals surface area contributed by atoms with Crippen molar-refractivity contribution in [2.24, 2.45) is 0 Å². The third-order valence-electron chi connectivity index (χ3n) is 3.12. The first-order valence-corrected chi connectivity index (χ1v) is 8.49. The van der Waals surface area contributed by atoms with Gasteiger partial charge in [0.05, 0.1) is 4.90 Å². The molecule has 0 aliphatic rings. The molecule has 5 nitrogen and oxygen atoms in total. The summed E-state index contributed by atoms with van der Waals surface area (Å²) in [5.41, 5.74) is 2.07. The lowest BCUT2D eigenvalue weighted by molar-refractivity contribution is 0.102. The molecule has 6 heteroatoms. The van der Waals surface area contributed by atoms with Gasteiger partial charge in [-0.05, 0) is 43.3 Å². The molecule has 0 saturated heterocycles. The second-order valence-corrected chi connectivity index (χ2v) is 6.76. The first kappa shape index (κ1) is 16.9. The summed E-state index contributed by atoms with van der Waals surface area (Å²) in [6, 6.07) is 13.2. The highest BCUT2D eigenvalue weighted by Crippen LogP contribution is 2.15. The van der Waals surface area contributed by atoms with E-state index in [1.54, 1.807) is 24.3 Å². The predicted octanol–water partition coefficient (Wildman–Crippen LogP) is 2.71. The van der Waals surface area contributed by atoms with Crippen LogP contribution in [-0.2, 0) is 10.0 Å². The number of nitrogens with one attached hydrogen (secondary N) is 2. The van der Waals surface area contributed by atoms with E-state index >= 15 is 0 Å². The quantitative estimate of drug-likeness (QED) is 0.800. The number of aryl methyl sites for hydroxylation is 1. The third kappa shape index (κ3) is 4.51. The molecule has 0 radical (unpaired) electrons. The fourth-order valence-corrected chi connectivity index (χ4v) is 2.96. The fraction of sp³-hybridized carbons (Fsp3) is 0.118. The molecule has 0 aliphatic heterocycles. The molecule has 0 heterocycles. The van der Waals surface area contributed by atoms with E-state index in [1.807, 2.05) is 19.1 Å². The SMILES string of the molecule is C=CCNS(=O)(=O)c1ccc(NC(=O)c2cccc(C)c2)cc1. The second-order valence-electron chi connectivity index (χ2n) is 4.99. The predicted molar refractivity (Wildman–Crippen MR) is 91.0 cm³/mol. The first-order chi connectivity index (χ1) is 10.9. The van der Waals surface area contributed by atoms with Gasteiger partial charge in [0.15, 0.2) is 0 Å². The Morgan fingerprint density at radius 1 is 1.17 bits per heavy atom. The summed E-state index contributed by atoms with van der Waals surface area (Å²) < 4.78 is 26.3. The number of rotatable bonds is 6. The van der Waals surface area contributed by atoms with Crippen molar-refractivity contribution in [2.45, 2.75) is 11.8 Å². The summed E-state index contributed by atoms with van der Waals surface area (Å²) in [4.78, 5) is 12.3. The van der Waals surface area contributed by atoms with Gasteiger partial charge in [0.2, 0.25) is 10.0 Å². The Bertz CT molecular complexity index is 812. The van der Waals surface area contributed by atoms with Gasteiger partial charge in [-0.15, -0.1) is 6.58 Å². The largest absolute Gasteiger partial charge is 0.322 e. The van der Waals surface area contributed by atoms with E-state index in [-0.39, 0.29) is 17.3 Å².